The molecule has 1 unspecified atom stereocenters. The van der Waals surface area contributed by atoms with Crippen LogP contribution in [0, 0.1) is 5.41 Å². The molecule has 0 amide bonds. The van der Waals surface area contributed by atoms with Crippen molar-refractivity contribution in [2.24, 2.45) is 5.41 Å². The monoisotopic (exact) mass is 194 g/mol. The fourth-order valence-electron chi connectivity index (χ4n) is 2.04. The van der Waals surface area contributed by atoms with Gasteiger partial charge in [-0.1, -0.05) is 20.8 Å². The third-order valence-electron chi connectivity index (χ3n) is 2.83. The summed E-state index contributed by atoms with van der Waals surface area (Å²) in [6.45, 7) is 7.71. The highest BCUT2D eigenvalue weighted by atomic mass is 15.4. The average Bonchev–Trinajstić information content (AvgIpc) is 2.46. The summed E-state index contributed by atoms with van der Waals surface area (Å²) in [4.78, 5) is 0. The Morgan fingerprint density at radius 3 is 2.93 bits per heavy atom. The van der Waals surface area contributed by atoms with Crippen molar-refractivity contribution >= 4 is 11.5 Å². The highest BCUT2D eigenvalue weighted by Crippen LogP contribution is 2.38. The van der Waals surface area contributed by atoms with E-state index < -0.39 is 0 Å². The molecule has 0 aromatic carbocycles. The number of hydrogen-bond acceptors (Lipinski definition) is 3. The molecule has 0 spiro atoms. The van der Waals surface area contributed by atoms with E-state index in [0.29, 0.717) is 6.04 Å². The molecule has 0 aliphatic carbocycles. The molecule has 2 heterocycles. The Morgan fingerprint density at radius 2 is 2.29 bits per heavy atom. The third kappa shape index (κ3) is 1.35. The zero-order chi connectivity index (χ0) is 10.3. The first-order chi connectivity index (χ1) is 6.50. The van der Waals surface area contributed by atoms with E-state index in [1.807, 2.05) is 4.68 Å². The topological polar surface area (TPSA) is 55.9 Å². The molecule has 4 heteroatoms. The maximum absolute atomic E-state index is 5.82. The Kier molecular flexibility index (Phi) is 1.94. The van der Waals surface area contributed by atoms with Crippen molar-refractivity contribution < 1.29 is 0 Å². The molecule has 0 fully saturated rings. The Balaban J connectivity index is 2.41. The van der Waals surface area contributed by atoms with Gasteiger partial charge in [0.05, 0.1) is 17.9 Å². The standard InChI is InChI=1S/C10H18N4/c1-10(2,3)8-4-5-12-9-7(11)6-13-14(8)9/h6,8,12H,4-5,11H2,1-3H3. The number of fused-ring (bicyclic) bond motifs is 1. The van der Waals surface area contributed by atoms with Crippen molar-refractivity contribution in [2.45, 2.75) is 33.2 Å². The highest BCUT2D eigenvalue weighted by Gasteiger charge is 2.31. The van der Waals surface area contributed by atoms with Crippen LogP contribution < -0.4 is 11.1 Å². The van der Waals surface area contributed by atoms with Crippen LogP contribution in [0.5, 0.6) is 0 Å². The molecule has 4 nitrogen and oxygen atoms in total. The summed E-state index contributed by atoms with van der Waals surface area (Å²) in [5.74, 6) is 0.983. The number of nitrogens with two attached hydrogens (primary N) is 1. The fraction of sp³-hybridized carbons (Fsp3) is 0.700. The smallest absolute Gasteiger partial charge is 0.148 e. The Labute approximate surface area is 84.5 Å². The van der Waals surface area contributed by atoms with Gasteiger partial charge in [0.15, 0.2) is 0 Å². The van der Waals surface area contributed by atoms with Crippen LogP contribution in [0.25, 0.3) is 0 Å². The summed E-state index contributed by atoms with van der Waals surface area (Å²) in [5.41, 5.74) is 6.80. The van der Waals surface area contributed by atoms with Gasteiger partial charge in [0.1, 0.15) is 5.82 Å². The minimum Gasteiger partial charge on any atom is -0.394 e. The van der Waals surface area contributed by atoms with Crippen LogP contribution in [0.1, 0.15) is 33.2 Å². The second-order valence-electron chi connectivity index (χ2n) is 4.99. The van der Waals surface area contributed by atoms with Gasteiger partial charge in [0.2, 0.25) is 0 Å². The highest BCUT2D eigenvalue weighted by molar-refractivity contribution is 5.61. The summed E-state index contributed by atoms with van der Waals surface area (Å²) in [6, 6.07) is 0.441. The fourth-order valence-corrected chi connectivity index (χ4v) is 2.04. The lowest BCUT2D eigenvalue weighted by Crippen LogP contribution is -2.32. The summed E-state index contributed by atoms with van der Waals surface area (Å²) in [6.07, 6.45) is 2.84. The normalized spacial score (nSPS) is 21.5. The van der Waals surface area contributed by atoms with Crippen LogP contribution in [0.15, 0.2) is 6.20 Å². The van der Waals surface area contributed by atoms with Crippen LogP contribution in [0.4, 0.5) is 11.5 Å². The quantitative estimate of drug-likeness (QED) is 0.663. The molecular formula is C10H18N4. The van der Waals surface area contributed by atoms with Gasteiger partial charge in [-0.2, -0.15) is 5.10 Å². The number of aromatic nitrogens is 2. The minimum absolute atomic E-state index is 0.231. The van der Waals surface area contributed by atoms with Crippen LogP contribution in [0.3, 0.4) is 0 Å². The largest absolute Gasteiger partial charge is 0.394 e. The van der Waals surface area contributed by atoms with Crippen molar-refractivity contribution in [2.75, 3.05) is 17.6 Å². The number of nitrogens with one attached hydrogen (secondary N) is 1. The Hall–Kier alpha value is -1.19. The van der Waals surface area contributed by atoms with Gasteiger partial charge in [-0.3, -0.25) is 0 Å². The molecule has 0 bridgehead atoms. The van der Waals surface area contributed by atoms with E-state index in [9.17, 15) is 0 Å². The van der Waals surface area contributed by atoms with Crippen molar-refractivity contribution in [3.8, 4) is 0 Å². The molecule has 1 aliphatic heterocycles. The third-order valence-corrected chi connectivity index (χ3v) is 2.83. The van der Waals surface area contributed by atoms with Crippen molar-refractivity contribution in [3.05, 3.63) is 6.20 Å². The number of nitrogens with zero attached hydrogens (tertiary/aromatic N) is 2. The Morgan fingerprint density at radius 1 is 1.57 bits per heavy atom. The van der Waals surface area contributed by atoms with Crippen molar-refractivity contribution in [1.29, 1.82) is 0 Å². The van der Waals surface area contributed by atoms with Crippen LogP contribution in [-0.2, 0) is 0 Å². The van der Waals surface area contributed by atoms with E-state index in [1.165, 1.54) is 0 Å². The molecular weight excluding hydrogens is 176 g/mol. The lowest BCUT2D eigenvalue weighted by Gasteiger charge is -2.35. The maximum atomic E-state index is 5.82. The summed E-state index contributed by atoms with van der Waals surface area (Å²) < 4.78 is 2.03. The van der Waals surface area contributed by atoms with Gasteiger partial charge in [-0.05, 0) is 11.8 Å². The van der Waals surface area contributed by atoms with Gasteiger partial charge in [0.25, 0.3) is 0 Å². The number of anilines is 2. The molecule has 1 aromatic rings. The van der Waals surface area contributed by atoms with Gasteiger partial charge in [-0.25, -0.2) is 4.68 Å². The van der Waals surface area contributed by atoms with Gasteiger partial charge < -0.3 is 11.1 Å². The van der Waals surface area contributed by atoms with Crippen molar-refractivity contribution in [1.82, 2.24) is 9.78 Å². The molecule has 0 saturated carbocycles. The van der Waals surface area contributed by atoms with Gasteiger partial charge in [0, 0.05) is 6.54 Å². The van der Waals surface area contributed by atoms with E-state index >= 15 is 0 Å². The van der Waals surface area contributed by atoms with E-state index in [4.69, 9.17) is 5.73 Å². The number of rotatable bonds is 0. The lowest BCUT2D eigenvalue weighted by atomic mass is 9.84. The van der Waals surface area contributed by atoms with Crippen LogP contribution in [0.2, 0.25) is 0 Å². The maximum Gasteiger partial charge on any atom is 0.148 e. The molecule has 14 heavy (non-hydrogen) atoms. The molecule has 0 radical (unpaired) electrons. The van der Waals surface area contributed by atoms with E-state index in [-0.39, 0.29) is 5.41 Å². The first-order valence-corrected chi connectivity index (χ1v) is 5.07. The molecule has 2 rings (SSSR count). The van der Waals surface area contributed by atoms with Gasteiger partial charge >= 0.3 is 0 Å². The molecule has 1 aromatic heterocycles. The molecule has 1 aliphatic rings. The second-order valence-corrected chi connectivity index (χ2v) is 4.99. The molecule has 1 atom stereocenters. The first-order valence-electron chi connectivity index (χ1n) is 5.07. The molecule has 78 valence electrons. The van der Waals surface area contributed by atoms with Crippen LogP contribution in [-0.4, -0.2) is 16.3 Å². The van der Waals surface area contributed by atoms with Crippen LogP contribution >= 0.6 is 0 Å². The second kappa shape index (κ2) is 2.90. The van der Waals surface area contributed by atoms with E-state index in [0.717, 1.165) is 24.5 Å². The lowest BCUT2D eigenvalue weighted by molar-refractivity contribution is 0.210. The SMILES string of the molecule is CC(C)(C)C1CCNc2c(N)cnn21. The van der Waals surface area contributed by atoms with Gasteiger partial charge in [-0.15, -0.1) is 0 Å². The molecule has 0 saturated heterocycles. The van der Waals surface area contributed by atoms with Crippen molar-refractivity contribution in [3.63, 3.8) is 0 Å². The Bertz CT molecular complexity index is 334. The zero-order valence-electron chi connectivity index (χ0n) is 9.04. The van der Waals surface area contributed by atoms with E-state index in [1.54, 1.807) is 6.20 Å². The first kappa shape index (κ1) is 9.37. The predicted molar refractivity (Wildman–Crippen MR) is 58.2 cm³/mol. The minimum atomic E-state index is 0.231. The predicted octanol–water partition coefficient (Wildman–Crippen LogP) is 1.87. The average molecular weight is 194 g/mol. The molecule has 3 N–H and O–H groups in total. The summed E-state index contributed by atoms with van der Waals surface area (Å²) in [7, 11) is 0. The van der Waals surface area contributed by atoms with E-state index in [2.05, 4.69) is 31.2 Å². The number of nitrogen functional groups attached to an aromatic ring is 1. The zero-order valence-corrected chi connectivity index (χ0v) is 9.04. The summed E-state index contributed by atoms with van der Waals surface area (Å²) >= 11 is 0. The summed E-state index contributed by atoms with van der Waals surface area (Å²) in [5, 5.41) is 7.62. The number of hydrogen-bond donors (Lipinski definition) is 2.